The molecule has 3 aliphatic rings. The van der Waals surface area contributed by atoms with Crippen molar-refractivity contribution in [2.45, 2.75) is 44.9 Å². The number of nitrogens with one attached hydrogen (secondary N) is 1. The minimum atomic E-state index is -4.65. The van der Waals surface area contributed by atoms with Crippen LogP contribution < -0.4 is 5.32 Å². The number of carbonyl (C=O) groups is 3. The van der Waals surface area contributed by atoms with Crippen LogP contribution in [0.1, 0.15) is 43.9 Å². The van der Waals surface area contributed by atoms with Crippen molar-refractivity contribution in [2.24, 2.45) is 0 Å². The number of carbonyl (C=O) groups excluding carboxylic acids is 3. The summed E-state index contributed by atoms with van der Waals surface area (Å²) in [5.74, 6) is -0.717. The molecule has 2 atom stereocenters. The molecule has 10 heteroatoms. The van der Waals surface area contributed by atoms with Crippen LogP contribution in [0, 0.1) is 0 Å². The Kier molecular flexibility index (Phi) is 5.64. The summed E-state index contributed by atoms with van der Waals surface area (Å²) in [6.45, 7) is 4.85. The lowest BCUT2D eigenvalue weighted by Gasteiger charge is -2.33. The fourth-order valence-corrected chi connectivity index (χ4v) is 4.74. The molecule has 0 aromatic heterocycles. The number of amides is 4. The molecule has 1 aromatic rings. The third kappa shape index (κ3) is 3.61. The van der Waals surface area contributed by atoms with Crippen molar-refractivity contribution < 1.29 is 27.6 Å². The van der Waals surface area contributed by atoms with Crippen molar-refractivity contribution in [1.82, 2.24) is 20.0 Å². The molecule has 0 saturated carbocycles. The van der Waals surface area contributed by atoms with Crippen LogP contribution in [-0.2, 0) is 15.8 Å². The molecule has 172 valence electrons. The predicted molar refractivity (Wildman–Crippen MR) is 109 cm³/mol. The minimum Gasteiger partial charge on any atom is -0.341 e. The minimum absolute atomic E-state index is 0.000851. The number of likely N-dealkylation sites (N-methyl/N-ethyl adjacent to an activating group) is 1. The van der Waals surface area contributed by atoms with Crippen molar-refractivity contribution in [3.63, 3.8) is 0 Å². The molecule has 1 N–H and O–H groups in total. The predicted octanol–water partition coefficient (Wildman–Crippen LogP) is 2.90. The molecule has 1 saturated heterocycles. The average Bonchev–Trinajstić information content (AvgIpc) is 3.40. The number of rotatable bonds is 4. The van der Waals surface area contributed by atoms with Crippen molar-refractivity contribution in [2.75, 3.05) is 26.2 Å². The van der Waals surface area contributed by atoms with Gasteiger partial charge in [0.2, 0.25) is 5.91 Å². The second-order valence-electron chi connectivity index (χ2n) is 8.21. The number of benzene rings is 1. The molecule has 1 fully saturated rings. The Bertz CT molecular complexity index is 985. The van der Waals surface area contributed by atoms with Gasteiger partial charge in [0.05, 0.1) is 29.4 Å². The highest BCUT2D eigenvalue weighted by atomic mass is 19.4. The summed E-state index contributed by atoms with van der Waals surface area (Å²) < 4.78 is 41.0. The Morgan fingerprint density at radius 3 is 2.47 bits per heavy atom. The monoisotopic (exact) mass is 450 g/mol. The summed E-state index contributed by atoms with van der Waals surface area (Å²) in [7, 11) is 0. The van der Waals surface area contributed by atoms with Crippen LogP contribution in [0.4, 0.5) is 18.0 Å². The summed E-state index contributed by atoms with van der Waals surface area (Å²) >= 11 is 0. The number of hydrogen-bond donors (Lipinski definition) is 1. The van der Waals surface area contributed by atoms with Crippen LogP contribution in [0.2, 0.25) is 0 Å². The fraction of sp³-hybridized carbons (Fsp3) is 0.500. The van der Waals surface area contributed by atoms with E-state index in [1.165, 1.54) is 28.0 Å². The molecule has 0 aliphatic carbocycles. The van der Waals surface area contributed by atoms with Gasteiger partial charge in [-0.15, -0.1) is 0 Å². The van der Waals surface area contributed by atoms with E-state index in [4.69, 9.17) is 0 Å². The van der Waals surface area contributed by atoms with Crippen molar-refractivity contribution >= 4 is 17.8 Å². The summed E-state index contributed by atoms with van der Waals surface area (Å²) in [6, 6.07) is 2.33. The molecule has 3 heterocycles. The van der Waals surface area contributed by atoms with Crippen LogP contribution in [0.3, 0.4) is 0 Å². The van der Waals surface area contributed by atoms with Gasteiger partial charge in [0.1, 0.15) is 6.04 Å². The van der Waals surface area contributed by atoms with Gasteiger partial charge >= 0.3 is 12.2 Å². The molecular formula is C22H25F3N4O3. The topological polar surface area (TPSA) is 73.0 Å². The van der Waals surface area contributed by atoms with Crippen molar-refractivity contribution in [3.8, 4) is 0 Å². The van der Waals surface area contributed by atoms with Crippen LogP contribution in [-0.4, -0.2) is 64.8 Å². The van der Waals surface area contributed by atoms with E-state index in [0.29, 0.717) is 18.8 Å². The molecule has 0 spiro atoms. The number of likely N-dealkylation sites (tertiary alicyclic amines) is 1. The average molecular weight is 450 g/mol. The van der Waals surface area contributed by atoms with E-state index in [0.717, 1.165) is 18.9 Å². The van der Waals surface area contributed by atoms with Gasteiger partial charge in [0.15, 0.2) is 0 Å². The molecule has 1 aromatic carbocycles. The zero-order valence-corrected chi connectivity index (χ0v) is 17.9. The maximum Gasteiger partial charge on any atom is 0.416 e. The van der Waals surface area contributed by atoms with E-state index in [9.17, 15) is 27.6 Å². The Labute approximate surface area is 183 Å². The van der Waals surface area contributed by atoms with E-state index >= 15 is 0 Å². The molecular weight excluding hydrogens is 425 g/mol. The Hall–Kier alpha value is -3.04. The van der Waals surface area contributed by atoms with Crippen LogP contribution in [0.15, 0.2) is 35.5 Å². The van der Waals surface area contributed by atoms with Crippen molar-refractivity contribution in [1.29, 1.82) is 0 Å². The van der Waals surface area contributed by atoms with E-state index < -0.39 is 35.8 Å². The molecule has 4 amide bonds. The molecule has 7 nitrogen and oxygen atoms in total. The van der Waals surface area contributed by atoms with Gasteiger partial charge in [0.25, 0.3) is 5.91 Å². The summed E-state index contributed by atoms with van der Waals surface area (Å²) in [5.41, 5.74) is -0.659. The van der Waals surface area contributed by atoms with Gasteiger partial charge in [-0.3, -0.25) is 14.5 Å². The lowest BCUT2D eigenvalue weighted by molar-refractivity contribution is -0.141. The quantitative estimate of drug-likeness (QED) is 0.767. The van der Waals surface area contributed by atoms with Crippen molar-refractivity contribution in [3.05, 3.63) is 46.7 Å². The van der Waals surface area contributed by atoms with E-state index in [1.54, 1.807) is 18.7 Å². The largest absolute Gasteiger partial charge is 0.416 e. The normalized spacial score (nSPS) is 22.4. The zero-order chi connectivity index (χ0) is 23.2. The maximum atomic E-state index is 13.7. The van der Waals surface area contributed by atoms with Gasteiger partial charge in [-0.1, -0.05) is 18.2 Å². The zero-order valence-electron chi connectivity index (χ0n) is 17.9. The van der Waals surface area contributed by atoms with Gasteiger partial charge in [-0.2, -0.15) is 13.2 Å². The number of nitrogens with zero attached hydrogens (tertiary/aromatic N) is 3. The van der Waals surface area contributed by atoms with Gasteiger partial charge in [-0.05, 0) is 38.3 Å². The smallest absolute Gasteiger partial charge is 0.341 e. The first-order chi connectivity index (χ1) is 15.1. The second kappa shape index (κ2) is 8.14. The molecule has 4 rings (SSSR count). The number of halogens is 3. The highest BCUT2D eigenvalue weighted by molar-refractivity contribution is 6.03. The van der Waals surface area contributed by atoms with Crippen LogP contribution >= 0.6 is 0 Å². The van der Waals surface area contributed by atoms with E-state index in [2.05, 4.69) is 5.32 Å². The molecule has 3 aliphatic heterocycles. The Morgan fingerprint density at radius 1 is 1.19 bits per heavy atom. The van der Waals surface area contributed by atoms with Gasteiger partial charge in [0, 0.05) is 19.6 Å². The first kappa shape index (κ1) is 22.2. The standard InChI is InChI=1S/C22H25F3N4O3/c1-3-28-16-12-29(13(2)19(30)27-10-6-7-11-27)20(31)17(16)18(26-21(28)32)14-8-4-5-9-15(14)22(23,24)25/h4-5,8-9,13,18H,3,6-7,10-12H2,1-2H3,(H,26,32)/t13-,18-/m1/s1. The van der Waals surface area contributed by atoms with E-state index in [-0.39, 0.29) is 30.1 Å². The lowest BCUT2D eigenvalue weighted by Crippen LogP contribution is -2.47. The SMILES string of the molecule is CCN1C(=O)N[C@H](c2ccccc2C(F)(F)F)C2=C1CN([C@H](C)C(=O)N1CCCC1)C2=O. The number of urea groups is 1. The summed E-state index contributed by atoms with van der Waals surface area (Å²) in [4.78, 5) is 43.5. The van der Waals surface area contributed by atoms with Crippen LogP contribution in [0.5, 0.6) is 0 Å². The second-order valence-corrected chi connectivity index (χ2v) is 8.21. The summed E-state index contributed by atoms with van der Waals surface area (Å²) in [6.07, 6.45) is -2.84. The Balaban J connectivity index is 1.73. The highest BCUT2D eigenvalue weighted by Crippen LogP contribution is 2.42. The fourth-order valence-electron chi connectivity index (χ4n) is 4.74. The summed E-state index contributed by atoms with van der Waals surface area (Å²) in [5, 5.41) is 2.58. The molecule has 0 unspecified atom stereocenters. The number of hydrogen-bond acceptors (Lipinski definition) is 3. The molecule has 0 radical (unpaired) electrons. The molecule has 0 bridgehead atoms. The maximum absolute atomic E-state index is 13.7. The number of alkyl halides is 3. The lowest BCUT2D eigenvalue weighted by atomic mass is 9.91. The van der Waals surface area contributed by atoms with Crippen LogP contribution in [0.25, 0.3) is 0 Å². The van der Waals surface area contributed by atoms with E-state index in [1.807, 2.05) is 0 Å². The van der Waals surface area contributed by atoms with Gasteiger partial charge in [-0.25, -0.2) is 4.79 Å². The first-order valence-corrected chi connectivity index (χ1v) is 10.7. The third-order valence-electron chi connectivity index (χ3n) is 6.39. The third-order valence-corrected chi connectivity index (χ3v) is 6.39. The molecule has 32 heavy (non-hydrogen) atoms. The highest BCUT2D eigenvalue weighted by Gasteiger charge is 2.48. The van der Waals surface area contributed by atoms with Gasteiger partial charge < -0.3 is 15.1 Å². The Morgan fingerprint density at radius 2 is 1.84 bits per heavy atom. The first-order valence-electron chi connectivity index (χ1n) is 10.7.